The lowest BCUT2D eigenvalue weighted by Crippen LogP contribution is -2.47. The van der Waals surface area contributed by atoms with E-state index in [1.165, 1.54) is 32.1 Å². The summed E-state index contributed by atoms with van der Waals surface area (Å²) in [6.45, 7) is 3.73. The Morgan fingerprint density at radius 2 is 1.64 bits per heavy atom. The molecule has 4 rings (SSSR count). The SMILES string of the molecule is c1ccc(N2CCN(c3nccc(NC4CCCCC4)n3)CC2)nc1. The van der Waals surface area contributed by atoms with Crippen LogP contribution in [0, 0.1) is 0 Å². The lowest BCUT2D eigenvalue weighted by Gasteiger charge is -2.35. The molecule has 0 bridgehead atoms. The fourth-order valence-corrected chi connectivity index (χ4v) is 3.71. The van der Waals surface area contributed by atoms with Gasteiger partial charge in [0, 0.05) is 44.6 Å². The molecule has 1 N–H and O–H groups in total. The van der Waals surface area contributed by atoms with E-state index < -0.39 is 0 Å². The second-order valence-corrected chi connectivity index (χ2v) is 6.88. The number of pyridine rings is 1. The average molecular weight is 338 g/mol. The molecule has 1 aliphatic heterocycles. The van der Waals surface area contributed by atoms with E-state index in [0.717, 1.165) is 43.8 Å². The molecule has 2 aromatic rings. The van der Waals surface area contributed by atoms with E-state index in [1.54, 1.807) is 0 Å². The number of hydrogen-bond donors (Lipinski definition) is 1. The number of anilines is 3. The third-order valence-electron chi connectivity index (χ3n) is 5.14. The lowest BCUT2D eigenvalue weighted by molar-refractivity contribution is 0.462. The summed E-state index contributed by atoms with van der Waals surface area (Å²) in [6.07, 6.45) is 10.2. The van der Waals surface area contributed by atoms with Crippen molar-refractivity contribution in [3.8, 4) is 0 Å². The average Bonchev–Trinajstić information content (AvgIpc) is 2.70. The van der Waals surface area contributed by atoms with E-state index in [1.807, 2.05) is 30.6 Å². The van der Waals surface area contributed by atoms with Crippen molar-refractivity contribution in [2.75, 3.05) is 41.3 Å². The van der Waals surface area contributed by atoms with Crippen LogP contribution in [0.5, 0.6) is 0 Å². The van der Waals surface area contributed by atoms with Crippen molar-refractivity contribution >= 4 is 17.6 Å². The van der Waals surface area contributed by atoms with Crippen LogP contribution in [0.3, 0.4) is 0 Å². The standard InChI is InChI=1S/C19H26N6/c1-2-6-16(7-3-1)22-17-9-11-21-19(23-17)25-14-12-24(13-15-25)18-8-4-5-10-20-18/h4-5,8-11,16H,1-3,6-7,12-15H2,(H,21,22,23). The highest BCUT2D eigenvalue weighted by atomic mass is 15.3. The van der Waals surface area contributed by atoms with Gasteiger partial charge in [0.1, 0.15) is 11.6 Å². The molecule has 1 aliphatic carbocycles. The van der Waals surface area contributed by atoms with Crippen molar-refractivity contribution in [3.05, 3.63) is 36.7 Å². The van der Waals surface area contributed by atoms with Gasteiger partial charge in [0.05, 0.1) is 0 Å². The first-order chi connectivity index (χ1) is 12.4. The van der Waals surface area contributed by atoms with Gasteiger partial charge < -0.3 is 15.1 Å². The molecule has 0 spiro atoms. The zero-order chi connectivity index (χ0) is 16.9. The zero-order valence-corrected chi connectivity index (χ0v) is 14.6. The van der Waals surface area contributed by atoms with Gasteiger partial charge in [-0.2, -0.15) is 4.98 Å². The highest BCUT2D eigenvalue weighted by Gasteiger charge is 2.20. The first-order valence-electron chi connectivity index (χ1n) is 9.39. The number of nitrogens with zero attached hydrogens (tertiary/aromatic N) is 5. The summed E-state index contributed by atoms with van der Waals surface area (Å²) in [4.78, 5) is 18.3. The monoisotopic (exact) mass is 338 g/mol. The molecule has 6 nitrogen and oxygen atoms in total. The Hall–Kier alpha value is -2.37. The van der Waals surface area contributed by atoms with Crippen LogP contribution in [-0.2, 0) is 0 Å². The van der Waals surface area contributed by atoms with Gasteiger partial charge in [-0.1, -0.05) is 25.3 Å². The number of aromatic nitrogens is 3. The molecule has 25 heavy (non-hydrogen) atoms. The maximum absolute atomic E-state index is 4.76. The molecule has 0 amide bonds. The minimum Gasteiger partial charge on any atom is -0.367 e. The third-order valence-corrected chi connectivity index (χ3v) is 5.14. The summed E-state index contributed by atoms with van der Waals surface area (Å²) < 4.78 is 0. The molecule has 2 fully saturated rings. The van der Waals surface area contributed by atoms with Crippen LogP contribution in [0.15, 0.2) is 36.7 Å². The van der Waals surface area contributed by atoms with Crippen LogP contribution in [0.4, 0.5) is 17.6 Å². The Morgan fingerprint density at radius 3 is 2.40 bits per heavy atom. The van der Waals surface area contributed by atoms with E-state index >= 15 is 0 Å². The quantitative estimate of drug-likeness (QED) is 0.925. The maximum atomic E-state index is 4.76. The molecule has 0 aromatic carbocycles. The first kappa shape index (κ1) is 16.1. The van der Waals surface area contributed by atoms with Gasteiger partial charge in [-0.05, 0) is 31.0 Å². The molecule has 0 radical (unpaired) electrons. The van der Waals surface area contributed by atoms with Crippen LogP contribution >= 0.6 is 0 Å². The first-order valence-corrected chi connectivity index (χ1v) is 9.39. The summed E-state index contributed by atoms with van der Waals surface area (Å²) >= 11 is 0. The summed E-state index contributed by atoms with van der Waals surface area (Å²) in [5, 5.41) is 3.60. The van der Waals surface area contributed by atoms with Gasteiger partial charge in [0.15, 0.2) is 0 Å². The molecule has 0 atom stereocenters. The molecular weight excluding hydrogens is 312 g/mol. The Labute approximate surface area is 149 Å². The smallest absolute Gasteiger partial charge is 0.227 e. The Balaban J connectivity index is 1.37. The molecule has 3 heterocycles. The highest BCUT2D eigenvalue weighted by molar-refractivity contribution is 5.45. The molecule has 1 saturated heterocycles. The molecule has 132 valence electrons. The predicted octanol–water partition coefficient (Wildman–Crippen LogP) is 2.94. The van der Waals surface area contributed by atoms with Crippen LogP contribution in [0.2, 0.25) is 0 Å². The fourth-order valence-electron chi connectivity index (χ4n) is 3.71. The Bertz CT molecular complexity index is 663. The molecule has 1 saturated carbocycles. The molecule has 2 aliphatic rings. The second kappa shape index (κ2) is 7.68. The van der Waals surface area contributed by atoms with Crippen molar-refractivity contribution in [1.29, 1.82) is 0 Å². The van der Waals surface area contributed by atoms with E-state index in [-0.39, 0.29) is 0 Å². The van der Waals surface area contributed by atoms with Gasteiger partial charge in [0.2, 0.25) is 5.95 Å². The Kier molecular flexibility index (Phi) is 4.95. The summed E-state index contributed by atoms with van der Waals surface area (Å²) in [6, 6.07) is 8.62. The topological polar surface area (TPSA) is 57.2 Å². The fraction of sp³-hybridized carbons (Fsp3) is 0.526. The van der Waals surface area contributed by atoms with Gasteiger partial charge in [-0.15, -0.1) is 0 Å². The summed E-state index contributed by atoms with van der Waals surface area (Å²) in [5.41, 5.74) is 0. The van der Waals surface area contributed by atoms with Crippen molar-refractivity contribution < 1.29 is 0 Å². The van der Waals surface area contributed by atoms with Crippen molar-refractivity contribution in [2.24, 2.45) is 0 Å². The number of hydrogen-bond acceptors (Lipinski definition) is 6. The van der Waals surface area contributed by atoms with Crippen LogP contribution in [-0.4, -0.2) is 47.2 Å². The van der Waals surface area contributed by atoms with E-state index in [4.69, 9.17) is 4.98 Å². The highest BCUT2D eigenvalue weighted by Crippen LogP contribution is 2.22. The molecule has 6 heteroatoms. The van der Waals surface area contributed by atoms with Crippen molar-refractivity contribution in [3.63, 3.8) is 0 Å². The molecule has 2 aromatic heterocycles. The third kappa shape index (κ3) is 4.00. The van der Waals surface area contributed by atoms with Crippen molar-refractivity contribution in [1.82, 2.24) is 15.0 Å². The minimum atomic E-state index is 0.567. The van der Waals surface area contributed by atoms with E-state index in [0.29, 0.717) is 6.04 Å². The van der Waals surface area contributed by atoms with Gasteiger partial charge >= 0.3 is 0 Å². The normalized spacial score (nSPS) is 19.0. The lowest BCUT2D eigenvalue weighted by atomic mass is 9.95. The zero-order valence-electron chi connectivity index (χ0n) is 14.6. The van der Waals surface area contributed by atoms with Crippen LogP contribution in [0.1, 0.15) is 32.1 Å². The second-order valence-electron chi connectivity index (χ2n) is 6.88. The maximum Gasteiger partial charge on any atom is 0.227 e. The molecular formula is C19H26N6. The number of nitrogens with one attached hydrogen (secondary N) is 1. The van der Waals surface area contributed by atoms with Crippen molar-refractivity contribution in [2.45, 2.75) is 38.1 Å². The predicted molar refractivity (Wildman–Crippen MR) is 101 cm³/mol. The number of piperazine rings is 1. The Morgan fingerprint density at radius 1 is 0.840 bits per heavy atom. The van der Waals surface area contributed by atoms with E-state index in [2.05, 4.69) is 31.2 Å². The van der Waals surface area contributed by atoms with E-state index in [9.17, 15) is 0 Å². The molecule has 0 unspecified atom stereocenters. The van der Waals surface area contributed by atoms with Crippen LogP contribution in [0.25, 0.3) is 0 Å². The summed E-state index contributed by atoms with van der Waals surface area (Å²) in [7, 11) is 0. The largest absolute Gasteiger partial charge is 0.367 e. The number of rotatable bonds is 4. The van der Waals surface area contributed by atoms with Gasteiger partial charge in [-0.3, -0.25) is 0 Å². The van der Waals surface area contributed by atoms with Gasteiger partial charge in [-0.25, -0.2) is 9.97 Å². The van der Waals surface area contributed by atoms with Gasteiger partial charge in [0.25, 0.3) is 0 Å². The van der Waals surface area contributed by atoms with Crippen LogP contribution < -0.4 is 15.1 Å². The minimum absolute atomic E-state index is 0.567. The summed E-state index contributed by atoms with van der Waals surface area (Å²) in [5.74, 6) is 2.85.